The SMILES string of the molecule is CC(C)N(C(=O)CN1CCC2(CCNC2)C1)c1ccccc1. The van der Waals surface area contributed by atoms with E-state index >= 15 is 0 Å². The van der Waals surface area contributed by atoms with Crippen LogP contribution in [0.2, 0.25) is 0 Å². The summed E-state index contributed by atoms with van der Waals surface area (Å²) in [5.41, 5.74) is 1.43. The molecule has 22 heavy (non-hydrogen) atoms. The molecule has 1 N–H and O–H groups in total. The third kappa shape index (κ3) is 3.18. The maximum atomic E-state index is 12.8. The number of amides is 1. The third-order valence-corrected chi connectivity index (χ3v) is 5.03. The van der Waals surface area contributed by atoms with Gasteiger partial charge in [0.25, 0.3) is 0 Å². The van der Waals surface area contributed by atoms with Gasteiger partial charge in [0.05, 0.1) is 6.54 Å². The normalized spacial score (nSPS) is 25.2. The standard InChI is InChI=1S/C18H27N3O/c1-15(2)21(16-6-4-3-5-7-16)17(22)12-20-11-9-18(14-20)8-10-19-13-18/h3-7,15,19H,8-14H2,1-2H3. The summed E-state index contributed by atoms with van der Waals surface area (Å²) in [6, 6.07) is 10.2. The molecule has 1 spiro atoms. The average molecular weight is 301 g/mol. The fraction of sp³-hybridized carbons (Fsp3) is 0.611. The average Bonchev–Trinajstić information content (AvgIpc) is 3.10. The van der Waals surface area contributed by atoms with Gasteiger partial charge in [-0.15, -0.1) is 0 Å². The maximum Gasteiger partial charge on any atom is 0.241 e. The first-order chi connectivity index (χ1) is 10.6. The summed E-state index contributed by atoms with van der Waals surface area (Å²) in [5, 5.41) is 3.47. The van der Waals surface area contributed by atoms with Crippen molar-refractivity contribution in [1.29, 1.82) is 0 Å². The van der Waals surface area contributed by atoms with Crippen LogP contribution in [0.1, 0.15) is 26.7 Å². The Morgan fingerprint density at radius 2 is 2.09 bits per heavy atom. The smallest absolute Gasteiger partial charge is 0.241 e. The third-order valence-electron chi connectivity index (χ3n) is 5.03. The van der Waals surface area contributed by atoms with Crippen molar-refractivity contribution in [2.75, 3.05) is 37.6 Å². The molecule has 2 aliphatic heterocycles. The molecule has 120 valence electrons. The van der Waals surface area contributed by atoms with Crippen LogP contribution >= 0.6 is 0 Å². The Kier molecular flexibility index (Phi) is 4.50. The van der Waals surface area contributed by atoms with Gasteiger partial charge >= 0.3 is 0 Å². The van der Waals surface area contributed by atoms with Crippen molar-refractivity contribution in [1.82, 2.24) is 10.2 Å². The van der Waals surface area contributed by atoms with Crippen LogP contribution in [0.4, 0.5) is 5.69 Å². The van der Waals surface area contributed by atoms with Gasteiger partial charge < -0.3 is 10.2 Å². The predicted octanol–water partition coefficient (Wildman–Crippen LogP) is 2.11. The molecule has 1 unspecified atom stereocenters. The molecule has 2 fully saturated rings. The minimum Gasteiger partial charge on any atom is -0.316 e. The van der Waals surface area contributed by atoms with Crippen molar-refractivity contribution in [3.05, 3.63) is 30.3 Å². The number of hydrogen-bond donors (Lipinski definition) is 1. The number of anilines is 1. The molecule has 1 amide bonds. The Morgan fingerprint density at radius 3 is 2.73 bits per heavy atom. The van der Waals surface area contributed by atoms with E-state index in [4.69, 9.17) is 0 Å². The van der Waals surface area contributed by atoms with Gasteiger partial charge in [0.1, 0.15) is 0 Å². The zero-order valence-corrected chi connectivity index (χ0v) is 13.7. The number of likely N-dealkylation sites (tertiary alicyclic amines) is 1. The van der Waals surface area contributed by atoms with E-state index in [1.807, 2.05) is 35.2 Å². The lowest BCUT2D eigenvalue weighted by atomic mass is 9.87. The fourth-order valence-corrected chi connectivity index (χ4v) is 3.89. The minimum absolute atomic E-state index is 0.180. The number of nitrogens with zero attached hydrogens (tertiary/aromatic N) is 2. The van der Waals surface area contributed by atoms with E-state index in [0.717, 1.165) is 31.9 Å². The molecular weight excluding hydrogens is 274 g/mol. The van der Waals surface area contributed by atoms with Crippen LogP contribution in [0.3, 0.4) is 0 Å². The van der Waals surface area contributed by atoms with Gasteiger partial charge in [0, 0.05) is 24.8 Å². The summed E-state index contributed by atoms with van der Waals surface area (Å²) in [5.74, 6) is 0.212. The van der Waals surface area contributed by atoms with Crippen molar-refractivity contribution in [3.8, 4) is 0 Å². The molecule has 0 aliphatic carbocycles. The lowest BCUT2D eigenvalue weighted by molar-refractivity contribution is -0.119. The Balaban J connectivity index is 1.65. The molecular formula is C18H27N3O. The number of para-hydroxylation sites is 1. The number of hydrogen-bond acceptors (Lipinski definition) is 3. The second-order valence-electron chi connectivity index (χ2n) is 7.08. The van der Waals surface area contributed by atoms with Gasteiger partial charge in [-0.25, -0.2) is 0 Å². The van der Waals surface area contributed by atoms with Crippen molar-refractivity contribution in [2.24, 2.45) is 5.41 Å². The molecule has 1 aromatic carbocycles. The number of nitrogens with one attached hydrogen (secondary N) is 1. The van der Waals surface area contributed by atoms with E-state index in [2.05, 4.69) is 24.1 Å². The quantitative estimate of drug-likeness (QED) is 0.925. The Hall–Kier alpha value is -1.39. The minimum atomic E-state index is 0.180. The van der Waals surface area contributed by atoms with Crippen molar-refractivity contribution < 1.29 is 4.79 Å². The summed E-state index contributed by atoms with van der Waals surface area (Å²) in [6.45, 7) is 9.05. The predicted molar refractivity (Wildman–Crippen MR) is 90.0 cm³/mol. The fourth-order valence-electron chi connectivity index (χ4n) is 3.89. The molecule has 2 saturated heterocycles. The van der Waals surface area contributed by atoms with Gasteiger partial charge in [-0.1, -0.05) is 18.2 Å². The van der Waals surface area contributed by atoms with Crippen LogP contribution in [0, 0.1) is 5.41 Å². The molecule has 2 aliphatic rings. The molecule has 0 bridgehead atoms. The van der Waals surface area contributed by atoms with Gasteiger partial charge in [0.2, 0.25) is 5.91 Å². The first-order valence-electron chi connectivity index (χ1n) is 8.40. The molecule has 4 heteroatoms. The molecule has 0 aromatic heterocycles. The maximum absolute atomic E-state index is 12.8. The highest BCUT2D eigenvalue weighted by Gasteiger charge is 2.41. The monoisotopic (exact) mass is 301 g/mol. The number of carbonyl (C=O) groups excluding carboxylic acids is 1. The highest BCUT2D eigenvalue weighted by molar-refractivity contribution is 5.95. The number of rotatable bonds is 4. The van der Waals surface area contributed by atoms with Crippen LogP contribution in [-0.4, -0.2) is 49.6 Å². The van der Waals surface area contributed by atoms with E-state index in [9.17, 15) is 4.79 Å². The summed E-state index contributed by atoms with van der Waals surface area (Å²) in [4.78, 5) is 17.1. The molecule has 1 atom stereocenters. The van der Waals surface area contributed by atoms with Gasteiger partial charge in [-0.2, -0.15) is 0 Å². The van der Waals surface area contributed by atoms with Crippen molar-refractivity contribution >= 4 is 11.6 Å². The van der Waals surface area contributed by atoms with Gasteiger partial charge in [0.15, 0.2) is 0 Å². The van der Waals surface area contributed by atoms with E-state index in [-0.39, 0.29) is 11.9 Å². The topological polar surface area (TPSA) is 35.6 Å². The van der Waals surface area contributed by atoms with E-state index in [1.165, 1.54) is 12.8 Å². The lowest BCUT2D eigenvalue weighted by Gasteiger charge is -2.29. The van der Waals surface area contributed by atoms with Gasteiger partial charge in [-0.05, 0) is 57.3 Å². The molecule has 1 aromatic rings. The Morgan fingerprint density at radius 1 is 1.32 bits per heavy atom. The van der Waals surface area contributed by atoms with E-state index in [0.29, 0.717) is 12.0 Å². The summed E-state index contributed by atoms with van der Waals surface area (Å²) >= 11 is 0. The van der Waals surface area contributed by atoms with Crippen LogP contribution in [-0.2, 0) is 4.79 Å². The summed E-state index contributed by atoms with van der Waals surface area (Å²) < 4.78 is 0. The van der Waals surface area contributed by atoms with Crippen LogP contribution < -0.4 is 10.2 Å². The second-order valence-corrected chi connectivity index (χ2v) is 7.08. The van der Waals surface area contributed by atoms with E-state index in [1.54, 1.807) is 0 Å². The lowest BCUT2D eigenvalue weighted by Crippen LogP contribution is -2.44. The largest absolute Gasteiger partial charge is 0.316 e. The van der Waals surface area contributed by atoms with Crippen LogP contribution in [0.15, 0.2) is 30.3 Å². The first kappa shape index (κ1) is 15.5. The highest BCUT2D eigenvalue weighted by atomic mass is 16.2. The molecule has 3 rings (SSSR count). The summed E-state index contributed by atoms with van der Waals surface area (Å²) in [6.07, 6.45) is 2.48. The molecule has 2 heterocycles. The molecule has 0 radical (unpaired) electrons. The van der Waals surface area contributed by atoms with Crippen LogP contribution in [0.25, 0.3) is 0 Å². The number of benzene rings is 1. The summed E-state index contributed by atoms with van der Waals surface area (Å²) in [7, 11) is 0. The Labute approximate surface area is 133 Å². The van der Waals surface area contributed by atoms with Crippen molar-refractivity contribution in [2.45, 2.75) is 32.7 Å². The van der Waals surface area contributed by atoms with E-state index < -0.39 is 0 Å². The Bertz CT molecular complexity index is 508. The zero-order valence-electron chi connectivity index (χ0n) is 13.7. The number of carbonyl (C=O) groups is 1. The second kappa shape index (κ2) is 6.39. The van der Waals surface area contributed by atoms with Crippen LogP contribution in [0.5, 0.6) is 0 Å². The first-order valence-corrected chi connectivity index (χ1v) is 8.40. The van der Waals surface area contributed by atoms with Gasteiger partial charge in [-0.3, -0.25) is 9.69 Å². The molecule has 4 nitrogen and oxygen atoms in total. The highest BCUT2D eigenvalue weighted by Crippen LogP contribution is 2.35. The molecule has 0 saturated carbocycles. The van der Waals surface area contributed by atoms with Crippen molar-refractivity contribution in [3.63, 3.8) is 0 Å². The zero-order chi connectivity index (χ0) is 15.6.